The van der Waals surface area contributed by atoms with Crippen LogP contribution in [0.5, 0.6) is 34.5 Å². The lowest BCUT2D eigenvalue weighted by Crippen LogP contribution is -2.63. The van der Waals surface area contributed by atoms with Gasteiger partial charge in [-0.3, -0.25) is 14.4 Å². The zero-order valence-corrected chi connectivity index (χ0v) is 31.6. The zero-order chi connectivity index (χ0) is 43.1. The fraction of sp³-hybridized carbons (Fsp3) is 0.186. The second kappa shape index (κ2) is 18.2. The lowest BCUT2D eigenvalue weighted by atomic mass is 9.98. The van der Waals surface area contributed by atoms with Crippen LogP contribution in [0.2, 0.25) is 0 Å². The third-order valence-corrected chi connectivity index (χ3v) is 8.73. The van der Waals surface area contributed by atoms with Gasteiger partial charge < -0.3 is 58.4 Å². The van der Waals surface area contributed by atoms with Gasteiger partial charge in [-0.15, -0.1) is 0 Å². The summed E-state index contributed by atoms with van der Waals surface area (Å²) in [5.74, 6) is -6.18. The molecule has 5 atom stereocenters. The van der Waals surface area contributed by atoms with E-state index in [-0.39, 0.29) is 34.2 Å². The van der Waals surface area contributed by atoms with E-state index >= 15 is 0 Å². The van der Waals surface area contributed by atoms with Crippen LogP contribution < -0.4 is 10.2 Å². The number of aromatic hydroxyl groups is 5. The summed E-state index contributed by atoms with van der Waals surface area (Å²) in [4.78, 5) is 65.8. The molecule has 1 aliphatic heterocycles. The third kappa shape index (κ3) is 10.2. The number of phenolic OH excluding ortho intramolecular Hbond substituents is 5. The average molecular weight is 825 g/mol. The highest BCUT2D eigenvalue weighted by Crippen LogP contribution is 2.38. The largest absolute Gasteiger partial charge is 0.508 e. The molecule has 1 fully saturated rings. The van der Waals surface area contributed by atoms with Gasteiger partial charge in [0, 0.05) is 43.7 Å². The number of carbonyl (C=O) groups excluding carboxylic acids is 4. The molecule has 6 rings (SSSR count). The molecule has 5 aromatic rings. The van der Waals surface area contributed by atoms with E-state index in [1.807, 2.05) is 0 Å². The minimum Gasteiger partial charge on any atom is -0.508 e. The topological polar surface area (TPSA) is 255 Å². The molecule has 5 unspecified atom stereocenters. The molecular weight excluding hydrogens is 788 g/mol. The number of ether oxygens (including phenoxy) is 6. The first-order valence-electron chi connectivity index (χ1n) is 18.0. The van der Waals surface area contributed by atoms with Crippen molar-refractivity contribution in [1.82, 2.24) is 0 Å². The Balaban J connectivity index is 1.44. The maximum Gasteiger partial charge on any atom is 0.331 e. The molecular formula is C43H36O17. The van der Waals surface area contributed by atoms with E-state index in [0.717, 1.165) is 38.1 Å². The Hall–Kier alpha value is -7.79. The highest BCUT2D eigenvalue weighted by atomic mass is 16.7. The summed E-state index contributed by atoms with van der Waals surface area (Å²) in [5, 5.41) is 49.7. The van der Waals surface area contributed by atoms with Gasteiger partial charge in [-0.05, 0) is 71.8 Å². The zero-order valence-electron chi connectivity index (χ0n) is 31.6. The van der Waals surface area contributed by atoms with Crippen LogP contribution in [0.3, 0.4) is 0 Å². The number of hydrogen-bond donors (Lipinski definition) is 5. The van der Waals surface area contributed by atoms with E-state index in [1.165, 1.54) is 84.9 Å². The van der Waals surface area contributed by atoms with E-state index in [4.69, 9.17) is 32.8 Å². The summed E-state index contributed by atoms with van der Waals surface area (Å²) in [6, 6.07) is 18.8. The van der Waals surface area contributed by atoms with Gasteiger partial charge in [0.05, 0.1) is 0 Å². The van der Waals surface area contributed by atoms with Crippen LogP contribution in [0.15, 0.2) is 106 Å². The maximum absolute atomic E-state index is 14.3. The Bertz CT molecular complexity index is 2500. The summed E-state index contributed by atoms with van der Waals surface area (Å²) in [5.41, 5.74) is -0.176. The minimum absolute atomic E-state index is 0.00453. The Morgan fingerprint density at radius 2 is 1.18 bits per heavy atom. The van der Waals surface area contributed by atoms with Gasteiger partial charge in [-0.2, -0.15) is 0 Å². The normalized spacial score (nSPS) is 18.9. The first kappa shape index (κ1) is 41.8. The lowest BCUT2D eigenvalue weighted by molar-refractivity contribution is -0.288. The molecule has 4 aromatic carbocycles. The maximum atomic E-state index is 14.3. The summed E-state index contributed by atoms with van der Waals surface area (Å²) in [6.07, 6.45) is -4.02. The van der Waals surface area contributed by atoms with Gasteiger partial charge >= 0.3 is 23.9 Å². The second-order valence-electron chi connectivity index (χ2n) is 13.2. The van der Waals surface area contributed by atoms with E-state index in [2.05, 4.69) is 0 Å². The van der Waals surface area contributed by atoms with Crippen LogP contribution in [0.1, 0.15) is 25.0 Å². The number of rotatable bonds is 12. The van der Waals surface area contributed by atoms with Crippen molar-refractivity contribution in [2.24, 2.45) is 0 Å². The Morgan fingerprint density at radius 3 is 1.75 bits per heavy atom. The Labute approximate surface area is 339 Å². The monoisotopic (exact) mass is 824 g/mol. The van der Waals surface area contributed by atoms with Crippen molar-refractivity contribution in [2.45, 2.75) is 44.6 Å². The standard InChI is InChI=1S/C43H36O17/c1-22(44)55-39-33(21-54-34(51)17-7-24-3-11-27(46)12-4-24)58-43(42(41(39)56-23(2)45)59-35(52)18-8-25-5-13-28(47)14-6-25)60-40-37(53)36-31(50)19-30(49)20-32(36)57-38(40)26-9-15-29(48)16-10-26/h3-20,33,39,41-43,46-50H,21H2,1-2H3/b17-7+,18-8-. The molecule has 1 saturated heterocycles. The molecule has 0 aliphatic carbocycles. The molecule has 1 aromatic heterocycles. The Morgan fingerprint density at radius 1 is 0.650 bits per heavy atom. The summed E-state index contributed by atoms with van der Waals surface area (Å²) in [7, 11) is 0. The van der Waals surface area contributed by atoms with Crippen LogP contribution in [0.25, 0.3) is 34.4 Å². The fourth-order valence-electron chi connectivity index (χ4n) is 6.07. The molecule has 0 spiro atoms. The van der Waals surface area contributed by atoms with Crippen molar-refractivity contribution < 1.29 is 77.5 Å². The molecule has 0 radical (unpaired) electrons. The van der Waals surface area contributed by atoms with Gasteiger partial charge in [0.15, 0.2) is 18.0 Å². The van der Waals surface area contributed by atoms with Crippen LogP contribution in [0.4, 0.5) is 0 Å². The van der Waals surface area contributed by atoms with E-state index in [9.17, 15) is 49.5 Å². The van der Waals surface area contributed by atoms with Crippen LogP contribution >= 0.6 is 0 Å². The highest BCUT2D eigenvalue weighted by molar-refractivity contribution is 5.89. The fourth-order valence-corrected chi connectivity index (χ4v) is 6.07. The molecule has 60 heavy (non-hydrogen) atoms. The van der Waals surface area contributed by atoms with E-state index < -0.39 is 89.3 Å². The molecule has 5 N–H and O–H groups in total. The summed E-state index contributed by atoms with van der Waals surface area (Å²) in [6.45, 7) is 1.35. The van der Waals surface area contributed by atoms with Crippen LogP contribution in [-0.4, -0.2) is 86.7 Å². The van der Waals surface area contributed by atoms with Gasteiger partial charge in [0.25, 0.3) is 0 Å². The van der Waals surface area contributed by atoms with Gasteiger partial charge in [-0.25, -0.2) is 9.59 Å². The molecule has 0 saturated carbocycles. The lowest BCUT2D eigenvalue weighted by Gasteiger charge is -2.43. The molecule has 2 heterocycles. The van der Waals surface area contributed by atoms with E-state index in [0.29, 0.717) is 11.1 Å². The van der Waals surface area contributed by atoms with Crippen molar-refractivity contribution in [1.29, 1.82) is 0 Å². The second-order valence-corrected chi connectivity index (χ2v) is 13.2. The molecule has 0 amide bonds. The third-order valence-electron chi connectivity index (χ3n) is 8.73. The van der Waals surface area contributed by atoms with Crippen molar-refractivity contribution >= 4 is 47.0 Å². The molecule has 17 heteroatoms. The predicted molar refractivity (Wildman–Crippen MR) is 208 cm³/mol. The number of esters is 4. The van der Waals surface area contributed by atoms with Crippen molar-refractivity contribution in [2.75, 3.05) is 6.61 Å². The van der Waals surface area contributed by atoms with Gasteiger partial charge in [-0.1, -0.05) is 24.3 Å². The van der Waals surface area contributed by atoms with Crippen LogP contribution in [0, 0.1) is 0 Å². The molecule has 310 valence electrons. The summed E-state index contributed by atoms with van der Waals surface area (Å²) < 4.78 is 40.7. The first-order valence-corrected chi connectivity index (χ1v) is 18.0. The van der Waals surface area contributed by atoms with Crippen molar-refractivity contribution in [3.05, 3.63) is 118 Å². The number of phenols is 5. The van der Waals surface area contributed by atoms with Crippen molar-refractivity contribution in [3.63, 3.8) is 0 Å². The van der Waals surface area contributed by atoms with Crippen LogP contribution in [-0.2, 0) is 42.9 Å². The van der Waals surface area contributed by atoms with Gasteiger partial charge in [0.1, 0.15) is 52.4 Å². The van der Waals surface area contributed by atoms with Gasteiger partial charge in [0.2, 0.25) is 23.6 Å². The average Bonchev–Trinajstić information content (AvgIpc) is 3.19. The number of benzene rings is 4. The quantitative estimate of drug-likeness (QED) is 0.0641. The predicted octanol–water partition coefficient (Wildman–Crippen LogP) is 4.84. The molecule has 0 bridgehead atoms. The van der Waals surface area contributed by atoms with Crippen molar-refractivity contribution in [3.8, 4) is 45.8 Å². The molecule has 17 nitrogen and oxygen atoms in total. The van der Waals surface area contributed by atoms with E-state index in [1.54, 1.807) is 0 Å². The smallest absolute Gasteiger partial charge is 0.331 e. The number of carbonyl (C=O) groups is 4. The Kier molecular flexibility index (Phi) is 12.7. The number of fused-ring (bicyclic) bond motifs is 1. The molecule has 1 aliphatic rings. The SMILES string of the molecule is CC(=O)OC1C(COC(=O)/C=C/c2ccc(O)cc2)OC(Oc2c(-c3ccc(O)cc3)oc3cc(O)cc(O)c3c2=O)C(OC(=O)/C=C\c2ccc(O)cc2)C1OC(C)=O. The highest BCUT2D eigenvalue weighted by Gasteiger charge is 2.54. The first-order chi connectivity index (χ1) is 28.6. The summed E-state index contributed by atoms with van der Waals surface area (Å²) >= 11 is 0. The minimum atomic E-state index is -1.97. The number of hydrogen-bond acceptors (Lipinski definition) is 17.